The van der Waals surface area contributed by atoms with Crippen LogP contribution < -0.4 is 14.8 Å². The van der Waals surface area contributed by atoms with Gasteiger partial charge in [-0.2, -0.15) is 0 Å². The van der Waals surface area contributed by atoms with Crippen LogP contribution in [0.5, 0.6) is 11.5 Å². The first-order valence-electron chi connectivity index (χ1n) is 8.98. The van der Waals surface area contributed by atoms with E-state index >= 15 is 0 Å². The molecule has 3 rings (SSSR count). The summed E-state index contributed by atoms with van der Waals surface area (Å²) in [7, 11) is 0. The van der Waals surface area contributed by atoms with Gasteiger partial charge in [0.15, 0.2) is 11.5 Å². The molecule has 140 valence electrons. The minimum atomic E-state index is -0.274. The number of benzene rings is 2. The molecule has 1 N–H and O–H groups in total. The van der Waals surface area contributed by atoms with Crippen LogP contribution >= 0.6 is 0 Å². The number of pyridine rings is 1. The van der Waals surface area contributed by atoms with Gasteiger partial charge in [-0.1, -0.05) is 30.3 Å². The maximum Gasteiger partial charge on any atom is 0.166 e. The largest absolute Gasteiger partial charge is 0.490 e. The van der Waals surface area contributed by atoms with E-state index in [0.29, 0.717) is 36.8 Å². The van der Waals surface area contributed by atoms with Crippen molar-refractivity contribution >= 4 is 0 Å². The molecule has 0 saturated carbocycles. The van der Waals surface area contributed by atoms with Crippen LogP contribution in [-0.4, -0.2) is 11.6 Å². The molecule has 0 amide bonds. The van der Waals surface area contributed by atoms with Crippen molar-refractivity contribution in [3.8, 4) is 11.5 Å². The lowest BCUT2D eigenvalue weighted by Crippen LogP contribution is -2.14. The van der Waals surface area contributed by atoms with Gasteiger partial charge < -0.3 is 14.8 Å². The molecular weight excluding hydrogens is 343 g/mol. The van der Waals surface area contributed by atoms with Crippen LogP contribution in [0.25, 0.3) is 0 Å². The Labute approximate surface area is 159 Å². The number of aromatic nitrogens is 1. The molecule has 0 spiro atoms. The molecule has 0 unspecified atom stereocenters. The highest BCUT2D eigenvalue weighted by atomic mass is 19.1. The van der Waals surface area contributed by atoms with Gasteiger partial charge in [0.25, 0.3) is 0 Å². The van der Waals surface area contributed by atoms with E-state index in [0.717, 1.165) is 11.1 Å². The highest BCUT2D eigenvalue weighted by Crippen LogP contribution is 2.32. The van der Waals surface area contributed by atoms with Crippen LogP contribution in [0, 0.1) is 5.82 Å². The standard InChI is InChI=1S/C22H23FN2O2/c1-2-26-21-9-5-7-18(15-25-14-17-10-12-24-13-11-17)22(21)27-16-19-6-3-4-8-20(19)23/h3-13,25H,2,14-16H2,1H3. The van der Waals surface area contributed by atoms with Gasteiger partial charge in [-0.3, -0.25) is 4.98 Å². The van der Waals surface area contributed by atoms with Gasteiger partial charge >= 0.3 is 0 Å². The molecule has 0 radical (unpaired) electrons. The number of hydrogen-bond acceptors (Lipinski definition) is 4. The second-order valence-corrected chi connectivity index (χ2v) is 6.02. The lowest BCUT2D eigenvalue weighted by molar-refractivity contribution is 0.262. The lowest BCUT2D eigenvalue weighted by atomic mass is 10.1. The van der Waals surface area contributed by atoms with E-state index in [4.69, 9.17) is 9.47 Å². The number of rotatable bonds is 9. The van der Waals surface area contributed by atoms with Crippen molar-refractivity contribution in [1.82, 2.24) is 10.3 Å². The second-order valence-electron chi connectivity index (χ2n) is 6.02. The van der Waals surface area contributed by atoms with Crippen LogP contribution in [0.4, 0.5) is 4.39 Å². The zero-order valence-corrected chi connectivity index (χ0v) is 15.3. The minimum absolute atomic E-state index is 0.147. The number of nitrogens with one attached hydrogen (secondary N) is 1. The predicted molar refractivity (Wildman–Crippen MR) is 103 cm³/mol. The first kappa shape index (κ1) is 18.9. The summed E-state index contributed by atoms with van der Waals surface area (Å²) >= 11 is 0. The molecule has 0 aliphatic rings. The van der Waals surface area contributed by atoms with Crippen molar-refractivity contribution in [2.45, 2.75) is 26.6 Å². The Bertz CT molecular complexity index is 856. The van der Waals surface area contributed by atoms with Gasteiger partial charge in [0, 0.05) is 36.6 Å². The van der Waals surface area contributed by atoms with Crippen LogP contribution in [0.3, 0.4) is 0 Å². The zero-order chi connectivity index (χ0) is 18.9. The third-order valence-electron chi connectivity index (χ3n) is 4.08. The van der Waals surface area contributed by atoms with Crippen LogP contribution in [0.2, 0.25) is 0 Å². The minimum Gasteiger partial charge on any atom is -0.490 e. The normalized spacial score (nSPS) is 10.6. The summed E-state index contributed by atoms with van der Waals surface area (Å²) in [6.07, 6.45) is 3.55. The van der Waals surface area contributed by atoms with Gasteiger partial charge in [-0.15, -0.1) is 0 Å². The number of ether oxygens (including phenoxy) is 2. The Kier molecular flexibility index (Phi) is 6.77. The van der Waals surface area contributed by atoms with Crippen molar-refractivity contribution in [2.75, 3.05) is 6.61 Å². The van der Waals surface area contributed by atoms with E-state index in [2.05, 4.69) is 10.3 Å². The third-order valence-corrected chi connectivity index (χ3v) is 4.08. The summed E-state index contributed by atoms with van der Waals surface area (Å²) in [5.41, 5.74) is 2.63. The number of nitrogens with zero attached hydrogens (tertiary/aromatic N) is 1. The van der Waals surface area contributed by atoms with Crippen LogP contribution in [0.15, 0.2) is 67.0 Å². The van der Waals surface area contributed by atoms with E-state index in [1.165, 1.54) is 6.07 Å². The first-order chi connectivity index (χ1) is 13.3. The summed E-state index contributed by atoms with van der Waals surface area (Å²) in [4.78, 5) is 4.02. The zero-order valence-electron chi connectivity index (χ0n) is 15.3. The monoisotopic (exact) mass is 366 g/mol. The molecule has 5 heteroatoms. The summed E-state index contributed by atoms with van der Waals surface area (Å²) in [5, 5.41) is 3.40. The Morgan fingerprint density at radius 3 is 2.44 bits per heavy atom. The molecule has 0 saturated heterocycles. The third kappa shape index (κ3) is 5.28. The molecule has 4 nitrogen and oxygen atoms in total. The fourth-order valence-corrected chi connectivity index (χ4v) is 2.74. The van der Waals surface area contributed by atoms with E-state index < -0.39 is 0 Å². The van der Waals surface area contributed by atoms with Crippen molar-refractivity contribution in [3.63, 3.8) is 0 Å². The maximum absolute atomic E-state index is 13.9. The number of para-hydroxylation sites is 1. The molecule has 27 heavy (non-hydrogen) atoms. The van der Waals surface area contributed by atoms with Crippen LogP contribution in [0.1, 0.15) is 23.6 Å². The van der Waals surface area contributed by atoms with Gasteiger partial charge in [0.05, 0.1) is 6.61 Å². The summed E-state index contributed by atoms with van der Waals surface area (Å²) < 4.78 is 25.6. The van der Waals surface area contributed by atoms with Crippen molar-refractivity contribution in [2.24, 2.45) is 0 Å². The van der Waals surface area contributed by atoms with Crippen molar-refractivity contribution < 1.29 is 13.9 Å². The highest BCUT2D eigenvalue weighted by molar-refractivity contribution is 5.47. The topological polar surface area (TPSA) is 43.4 Å². The smallest absolute Gasteiger partial charge is 0.166 e. The Hall–Kier alpha value is -2.92. The van der Waals surface area contributed by atoms with Gasteiger partial charge in [-0.05, 0) is 36.8 Å². The van der Waals surface area contributed by atoms with Gasteiger partial charge in [-0.25, -0.2) is 4.39 Å². The number of hydrogen-bond donors (Lipinski definition) is 1. The summed E-state index contributed by atoms with van der Waals surface area (Å²) in [6, 6.07) is 16.4. The van der Waals surface area contributed by atoms with Crippen molar-refractivity contribution in [1.29, 1.82) is 0 Å². The molecule has 0 aliphatic carbocycles. The summed E-state index contributed by atoms with van der Waals surface area (Å²) in [6.45, 7) is 3.93. The average Bonchev–Trinajstić information content (AvgIpc) is 2.70. The highest BCUT2D eigenvalue weighted by Gasteiger charge is 2.12. The fourth-order valence-electron chi connectivity index (χ4n) is 2.74. The first-order valence-corrected chi connectivity index (χ1v) is 8.98. The molecule has 2 aromatic carbocycles. The Morgan fingerprint density at radius 2 is 1.67 bits per heavy atom. The average molecular weight is 366 g/mol. The maximum atomic E-state index is 13.9. The molecule has 0 aliphatic heterocycles. The second kappa shape index (κ2) is 9.69. The van der Waals surface area contributed by atoms with E-state index in [9.17, 15) is 4.39 Å². The molecule has 0 atom stereocenters. The van der Waals surface area contributed by atoms with Gasteiger partial charge in [0.1, 0.15) is 12.4 Å². The Balaban J connectivity index is 1.72. The fraction of sp³-hybridized carbons (Fsp3) is 0.227. The molecule has 0 fully saturated rings. The molecular formula is C22H23FN2O2. The lowest BCUT2D eigenvalue weighted by Gasteiger charge is -2.17. The van der Waals surface area contributed by atoms with E-state index in [-0.39, 0.29) is 12.4 Å². The number of halogens is 1. The Morgan fingerprint density at radius 1 is 0.889 bits per heavy atom. The quantitative estimate of drug-likeness (QED) is 0.606. The van der Waals surface area contributed by atoms with E-state index in [1.54, 1.807) is 30.6 Å². The summed E-state index contributed by atoms with van der Waals surface area (Å²) in [5.74, 6) is 1.03. The molecule has 3 aromatic rings. The van der Waals surface area contributed by atoms with Crippen LogP contribution in [-0.2, 0) is 19.7 Å². The molecule has 1 heterocycles. The predicted octanol–water partition coefficient (Wildman–Crippen LogP) is 4.49. The molecule has 0 bridgehead atoms. The van der Waals surface area contributed by atoms with Crippen molar-refractivity contribution in [3.05, 3.63) is 89.5 Å². The molecule has 1 aromatic heterocycles. The SMILES string of the molecule is CCOc1cccc(CNCc2ccncc2)c1OCc1ccccc1F. The van der Waals surface area contributed by atoms with Gasteiger partial charge in [0.2, 0.25) is 0 Å². The van der Waals surface area contributed by atoms with E-state index in [1.807, 2.05) is 37.3 Å².